The maximum atomic E-state index is 12.9. The average molecular weight is 401 g/mol. The Labute approximate surface area is 164 Å². The van der Waals surface area contributed by atoms with Gasteiger partial charge in [0.2, 0.25) is 10.0 Å². The first-order chi connectivity index (χ1) is 13.4. The largest absolute Gasteiger partial charge is 0.347 e. The molecule has 0 saturated heterocycles. The summed E-state index contributed by atoms with van der Waals surface area (Å²) in [5.74, 6) is 5.95. The van der Waals surface area contributed by atoms with Gasteiger partial charge in [-0.3, -0.25) is 9.47 Å². The van der Waals surface area contributed by atoms with Gasteiger partial charge in [0.05, 0.1) is 10.4 Å². The van der Waals surface area contributed by atoms with E-state index in [1.807, 2.05) is 24.3 Å². The lowest BCUT2D eigenvalue weighted by atomic mass is 10.1. The van der Waals surface area contributed by atoms with Crippen LogP contribution >= 0.6 is 0 Å². The van der Waals surface area contributed by atoms with Gasteiger partial charge in [-0.2, -0.15) is 0 Å². The Morgan fingerprint density at radius 1 is 1.11 bits per heavy atom. The predicted molar refractivity (Wildman–Crippen MR) is 110 cm³/mol. The van der Waals surface area contributed by atoms with Crippen molar-refractivity contribution in [1.29, 1.82) is 0 Å². The van der Waals surface area contributed by atoms with Gasteiger partial charge in [0, 0.05) is 11.9 Å². The lowest BCUT2D eigenvalue weighted by Gasteiger charge is -2.09. The van der Waals surface area contributed by atoms with Gasteiger partial charge in [-0.25, -0.2) is 13.1 Å². The van der Waals surface area contributed by atoms with Crippen LogP contribution in [0.1, 0.15) is 35.0 Å². The third kappa shape index (κ3) is 3.74. The maximum Gasteiger partial charge on any atom is 0.270 e. The fourth-order valence-electron chi connectivity index (χ4n) is 3.25. The van der Waals surface area contributed by atoms with Crippen molar-refractivity contribution in [3.05, 3.63) is 65.4 Å². The van der Waals surface area contributed by atoms with Crippen molar-refractivity contribution in [1.82, 2.24) is 14.7 Å². The summed E-state index contributed by atoms with van der Waals surface area (Å²) in [4.78, 5) is 13.0. The lowest BCUT2D eigenvalue weighted by molar-refractivity contribution is 0.0943. The summed E-state index contributed by atoms with van der Waals surface area (Å²) in [5, 5.41) is 3.87. The van der Waals surface area contributed by atoms with Crippen LogP contribution in [0.5, 0.6) is 0 Å². The van der Waals surface area contributed by atoms with Crippen LogP contribution in [0.25, 0.3) is 10.9 Å². The van der Waals surface area contributed by atoms with Crippen LogP contribution in [0, 0.1) is 0 Å². The zero-order chi connectivity index (χ0) is 20.3. The summed E-state index contributed by atoms with van der Waals surface area (Å²) in [5.41, 5.74) is 3.00. The van der Waals surface area contributed by atoms with Gasteiger partial charge in [0.15, 0.2) is 0 Å². The molecule has 0 aliphatic carbocycles. The maximum absolute atomic E-state index is 12.9. The number of amides is 1. The molecule has 7 nitrogen and oxygen atoms in total. The molecule has 2 aromatic carbocycles. The SMILES string of the molecule is CCCc1c(C(=O)NCc2ccc(S(=O)(=O)NC)cc2)n(N)c2ccccc12. The highest BCUT2D eigenvalue weighted by Crippen LogP contribution is 2.25. The highest BCUT2D eigenvalue weighted by molar-refractivity contribution is 7.89. The topological polar surface area (TPSA) is 106 Å². The minimum Gasteiger partial charge on any atom is -0.347 e. The number of nitrogen functional groups attached to an aromatic ring is 1. The molecule has 8 heteroatoms. The van der Waals surface area contributed by atoms with E-state index < -0.39 is 10.0 Å². The molecule has 1 heterocycles. The number of hydrogen-bond donors (Lipinski definition) is 3. The van der Waals surface area contributed by atoms with Crippen LogP contribution in [0.4, 0.5) is 0 Å². The van der Waals surface area contributed by atoms with Crippen LogP contribution in [0.15, 0.2) is 53.4 Å². The summed E-state index contributed by atoms with van der Waals surface area (Å²) >= 11 is 0. The first kappa shape index (κ1) is 19.9. The molecule has 3 rings (SSSR count). The van der Waals surface area contributed by atoms with Crippen LogP contribution in [-0.2, 0) is 23.0 Å². The molecule has 0 unspecified atom stereocenters. The Kier molecular flexibility index (Phi) is 5.71. The van der Waals surface area contributed by atoms with E-state index >= 15 is 0 Å². The van der Waals surface area contributed by atoms with Crippen molar-refractivity contribution in [2.24, 2.45) is 0 Å². The smallest absolute Gasteiger partial charge is 0.270 e. The molecule has 148 valence electrons. The molecule has 0 aliphatic heterocycles. The molecular formula is C20H24N4O3S. The van der Waals surface area contributed by atoms with E-state index in [4.69, 9.17) is 5.84 Å². The van der Waals surface area contributed by atoms with Crippen molar-refractivity contribution in [2.75, 3.05) is 12.9 Å². The summed E-state index contributed by atoms with van der Waals surface area (Å²) in [6.07, 6.45) is 1.65. The van der Waals surface area contributed by atoms with Gasteiger partial charge in [0.1, 0.15) is 5.69 Å². The molecule has 4 N–H and O–H groups in total. The van der Waals surface area contributed by atoms with Crippen LogP contribution in [0.2, 0.25) is 0 Å². The van der Waals surface area contributed by atoms with Crippen molar-refractivity contribution in [3.8, 4) is 0 Å². The van der Waals surface area contributed by atoms with Crippen LogP contribution in [0.3, 0.4) is 0 Å². The number of sulfonamides is 1. The molecule has 0 saturated carbocycles. The number of aryl methyl sites for hydroxylation is 1. The van der Waals surface area contributed by atoms with Crippen LogP contribution in [-0.4, -0.2) is 26.0 Å². The fourth-order valence-corrected chi connectivity index (χ4v) is 3.98. The van der Waals surface area contributed by atoms with E-state index in [0.29, 0.717) is 5.69 Å². The van der Waals surface area contributed by atoms with E-state index in [0.717, 1.165) is 34.9 Å². The van der Waals surface area contributed by atoms with E-state index in [-0.39, 0.29) is 17.3 Å². The quantitative estimate of drug-likeness (QED) is 0.528. The summed E-state index contributed by atoms with van der Waals surface area (Å²) < 4.78 is 27.3. The number of rotatable bonds is 7. The Balaban J connectivity index is 1.82. The van der Waals surface area contributed by atoms with E-state index in [1.54, 1.807) is 12.1 Å². The number of nitrogens with two attached hydrogens (primary N) is 1. The first-order valence-electron chi connectivity index (χ1n) is 9.07. The van der Waals surface area contributed by atoms with Gasteiger partial charge >= 0.3 is 0 Å². The minimum atomic E-state index is -3.48. The van der Waals surface area contributed by atoms with E-state index in [9.17, 15) is 13.2 Å². The molecular weight excluding hydrogens is 376 g/mol. The van der Waals surface area contributed by atoms with Crippen LogP contribution < -0.4 is 15.9 Å². The zero-order valence-electron chi connectivity index (χ0n) is 15.9. The number of nitrogens with zero attached hydrogens (tertiary/aromatic N) is 1. The second-order valence-electron chi connectivity index (χ2n) is 6.50. The number of carbonyl (C=O) groups excluding carboxylic acids is 1. The minimum absolute atomic E-state index is 0.178. The van der Waals surface area contributed by atoms with Crippen molar-refractivity contribution in [3.63, 3.8) is 0 Å². The lowest BCUT2D eigenvalue weighted by Crippen LogP contribution is -2.28. The Bertz CT molecular complexity index is 1100. The second-order valence-corrected chi connectivity index (χ2v) is 8.39. The molecule has 3 aromatic rings. The molecule has 0 radical (unpaired) electrons. The third-order valence-corrected chi connectivity index (χ3v) is 6.12. The number of carbonyl (C=O) groups is 1. The summed E-state index contributed by atoms with van der Waals surface area (Å²) in [6, 6.07) is 14.1. The standard InChI is InChI=1S/C20H24N4O3S/c1-3-6-17-16-7-4-5-8-18(16)24(21)19(17)20(25)23-13-14-9-11-15(12-10-14)28(26,27)22-2/h4-5,7-12,22H,3,6,13,21H2,1-2H3,(H,23,25). The number of hydrogen-bond acceptors (Lipinski definition) is 4. The fraction of sp³-hybridized carbons (Fsp3) is 0.250. The van der Waals surface area contributed by atoms with Crippen molar-refractivity contribution in [2.45, 2.75) is 31.2 Å². The van der Waals surface area contributed by atoms with E-state index in [2.05, 4.69) is 17.0 Å². The molecule has 0 fully saturated rings. The number of aromatic nitrogens is 1. The number of nitrogens with one attached hydrogen (secondary N) is 2. The first-order valence-corrected chi connectivity index (χ1v) is 10.6. The Morgan fingerprint density at radius 3 is 2.43 bits per heavy atom. The molecule has 0 bridgehead atoms. The highest BCUT2D eigenvalue weighted by Gasteiger charge is 2.21. The molecule has 1 aromatic heterocycles. The third-order valence-electron chi connectivity index (χ3n) is 4.69. The Hall–Kier alpha value is -2.84. The zero-order valence-corrected chi connectivity index (χ0v) is 16.7. The number of fused-ring (bicyclic) bond motifs is 1. The molecule has 1 amide bonds. The molecule has 0 atom stereocenters. The summed E-state index contributed by atoms with van der Waals surface area (Å²) in [7, 11) is -2.11. The normalized spacial score (nSPS) is 11.6. The second kappa shape index (κ2) is 8.04. The molecule has 0 spiro atoms. The van der Waals surface area contributed by atoms with Gasteiger partial charge < -0.3 is 11.2 Å². The number of benzene rings is 2. The highest BCUT2D eigenvalue weighted by atomic mass is 32.2. The van der Waals surface area contributed by atoms with Gasteiger partial charge in [-0.05, 0) is 42.8 Å². The van der Waals surface area contributed by atoms with Crippen molar-refractivity contribution >= 4 is 26.8 Å². The average Bonchev–Trinajstić information content (AvgIpc) is 2.99. The van der Waals surface area contributed by atoms with Crippen molar-refractivity contribution < 1.29 is 13.2 Å². The molecule has 28 heavy (non-hydrogen) atoms. The van der Waals surface area contributed by atoms with Gasteiger partial charge in [-0.15, -0.1) is 0 Å². The van der Waals surface area contributed by atoms with Gasteiger partial charge in [0.25, 0.3) is 5.91 Å². The monoisotopic (exact) mass is 400 g/mol. The molecule has 0 aliphatic rings. The summed E-state index contributed by atoms with van der Waals surface area (Å²) in [6.45, 7) is 2.33. The van der Waals surface area contributed by atoms with Gasteiger partial charge in [-0.1, -0.05) is 43.7 Å². The van der Waals surface area contributed by atoms with E-state index in [1.165, 1.54) is 23.9 Å². The Morgan fingerprint density at radius 2 is 1.79 bits per heavy atom. The number of para-hydroxylation sites is 1. The predicted octanol–water partition coefficient (Wildman–Crippen LogP) is 2.15.